The van der Waals surface area contributed by atoms with Crippen molar-refractivity contribution < 1.29 is 9.13 Å². The highest BCUT2D eigenvalue weighted by atomic mass is 19.1. The lowest BCUT2D eigenvalue weighted by atomic mass is 9.66. The Morgan fingerprint density at radius 2 is 1.82 bits per heavy atom. The third-order valence-electron chi connectivity index (χ3n) is 8.19. The molecule has 0 radical (unpaired) electrons. The highest BCUT2D eigenvalue weighted by Crippen LogP contribution is 2.48. The topological polar surface area (TPSA) is 69.1 Å². The van der Waals surface area contributed by atoms with Gasteiger partial charge in [0, 0.05) is 31.7 Å². The van der Waals surface area contributed by atoms with Gasteiger partial charge in [0.15, 0.2) is 0 Å². The maximum absolute atomic E-state index is 15.3. The van der Waals surface area contributed by atoms with Crippen LogP contribution in [-0.4, -0.2) is 26.3 Å². The number of nitrogens with zero attached hydrogens (tertiary/aromatic N) is 1. The Bertz CT molecular complexity index is 1020. The van der Waals surface area contributed by atoms with Gasteiger partial charge in [-0.1, -0.05) is 30.3 Å². The van der Waals surface area contributed by atoms with E-state index in [9.17, 15) is 5.26 Å². The summed E-state index contributed by atoms with van der Waals surface area (Å²) in [4.78, 5) is 0. The minimum Gasteiger partial charge on any atom is -0.381 e. The molecule has 3 fully saturated rings. The normalized spacial score (nSPS) is 29.5. The van der Waals surface area contributed by atoms with E-state index in [1.165, 1.54) is 11.1 Å². The van der Waals surface area contributed by atoms with Crippen LogP contribution in [0.2, 0.25) is 0 Å². The van der Waals surface area contributed by atoms with Gasteiger partial charge in [0.2, 0.25) is 0 Å². The van der Waals surface area contributed by atoms with Crippen molar-refractivity contribution in [3.63, 3.8) is 0 Å². The van der Waals surface area contributed by atoms with Crippen LogP contribution in [0.4, 0.5) is 4.39 Å². The first-order valence-corrected chi connectivity index (χ1v) is 12.6. The summed E-state index contributed by atoms with van der Waals surface area (Å²) in [6.07, 6.45) is 3.69. The number of nitriles is 1. The Morgan fingerprint density at radius 1 is 1.09 bits per heavy atom. The van der Waals surface area contributed by atoms with Crippen LogP contribution in [0.5, 0.6) is 0 Å². The molecule has 5 atom stereocenters. The third kappa shape index (κ3) is 4.50. The van der Waals surface area contributed by atoms with E-state index in [4.69, 9.17) is 4.74 Å². The largest absolute Gasteiger partial charge is 0.381 e. The van der Waals surface area contributed by atoms with Crippen LogP contribution in [0, 0.1) is 35.9 Å². The number of aryl methyl sites for hydroxylation is 1. The number of halogens is 1. The quantitative estimate of drug-likeness (QED) is 0.606. The number of rotatable bonds is 5. The Hall–Kier alpha value is -2.30. The molecule has 5 nitrogen and oxygen atoms in total. The van der Waals surface area contributed by atoms with Crippen molar-refractivity contribution >= 4 is 0 Å². The number of benzene rings is 2. The average Bonchev–Trinajstić information content (AvgIpc) is 3.27. The van der Waals surface area contributed by atoms with Crippen LogP contribution in [0.3, 0.4) is 0 Å². The lowest BCUT2D eigenvalue weighted by molar-refractivity contribution is 0.0853. The van der Waals surface area contributed by atoms with Crippen LogP contribution in [0.15, 0.2) is 36.4 Å². The van der Waals surface area contributed by atoms with E-state index >= 15 is 4.39 Å². The maximum Gasteiger partial charge on any atom is 0.127 e. The fourth-order valence-electron chi connectivity index (χ4n) is 6.47. The molecular weight excluding hydrogens is 427 g/mol. The van der Waals surface area contributed by atoms with Crippen LogP contribution in [-0.2, 0) is 11.3 Å². The van der Waals surface area contributed by atoms with Gasteiger partial charge in [0.25, 0.3) is 0 Å². The monoisotopic (exact) mass is 462 g/mol. The van der Waals surface area contributed by atoms with Gasteiger partial charge in [-0.3, -0.25) is 5.43 Å². The van der Waals surface area contributed by atoms with Crippen LogP contribution in [0.1, 0.15) is 71.4 Å². The van der Waals surface area contributed by atoms with E-state index in [0.29, 0.717) is 18.4 Å². The molecule has 180 valence electrons. The van der Waals surface area contributed by atoms with Gasteiger partial charge >= 0.3 is 0 Å². The van der Waals surface area contributed by atoms with Crippen LogP contribution >= 0.6 is 0 Å². The minimum absolute atomic E-state index is 0.0967. The molecule has 5 rings (SSSR count). The van der Waals surface area contributed by atoms with Crippen molar-refractivity contribution in [3.05, 3.63) is 70.0 Å². The highest BCUT2D eigenvalue weighted by Gasteiger charge is 2.46. The highest BCUT2D eigenvalue weighted by molar-refractivity contribution is 5.38. The molecule has 2 aromatic rings. The van der Waals surface area contributed by atoms with Gasteiger partial charge in [-0.2, -0.15) is 5.26 Å². The fraction of sp³-hybridized carbons (Fsp3) is 0.536. The van der Waals surface area contributed by atoms with Crippen molar-refractivity contribution in [2.45, 2.75) is 63.1 Å². The molecule has 0 aromatic heterocycles. The average molecular weight is 463 g/mol. The Labute approximate surface area is 202 Å². The van der Waals surface area contributed by atoms with Crippen molar-refractivity contribution in [1.82, 2.24) is 16.2 Å². The predicted octanol–water partition coefficient (Wildman–Crippen LogP) is 4.60. The van der Waals surface area contributed by atoms with Gasteiger partial charge in [-0.15, -0.1) is 0 Å². The number of hydrogen-bond donors (Lipinski definition) is 3. The van der Waals surface area contributed by atoms with E-state index in [2.05, 4.69) is 52.6 Å². The SMILES string of the molecule is CNCc1cc(C)c(C2CC3C(CC2C#N)NNC3c2ccc(C3CCOCC3)cc2)c(F)c1. The van der Waals surface area contributed by atoms with E-state index in [-0.39, 0.29) is 29.7 Å². The fourth-order valence-corrected chi connectivity index (χ4v) is 6.47. The van der Waals surface area contributed by atoms with E-state index in [1.54, 1.807) is 6.07 Å². The van der Waals surface area contributed by atoms with Gasteiger partial charge < -0.3 is 10.1 Å². The second-order valence-electron chi connectivity index (χ2n) is 10.2. The minimum atomic E-state index is -0.200. The van der Waals surface area contributed by atoms with Crippen molar-refractivity contribution in [2.75, 3.05) is 20.3 Å². The Balaban J connectivity index is 1.38. The molecule has 3 aliphatic rings. The smallest absolute Gasteiger partial charge is 0.127 e. The molecule has 6 heteroatoms. The molecule has 3 N–H and O–H groups in total. The maximum atomic E-state index is 15.3. The van der Waals surface area contributed by atoms with Crippen LogP contribution < -0.4 is 16.2 Å². The van der Waals surface area contributed by atoms with Crippen molar-refractivity contribution in [1.29, 1.82) is 5.26 Å². The van der Waals surface area contributed by atoms with E-state index in [1.807, 2.05) is 14.0 Å². The summed E-state index contributed by atoms with van der Waals surface area (Å²) in [5.74, 6) is 0.413. The molecule has 0 spiro atoms. The van der Waals surface area contributed by atoms with Gasteiger partial charge in [0.1, 0.15) is 5.82 Å². The van der Waals surface area contributed by atoms with Gasteiger partial charge in [0.05, 0.1) is 18.0 Å². The zero-order chi connectivity index (χ0) is 23.7. The summed E-state index contributed by atoms with van der Waals surface area (Å²) < 4.78 is 20.9. The molecule has 34 heavy (non-hydrogen) atoms. The Morgan fingerprint density at radius 3 is 2.50 bits per heavy atom. The zero-order valence-corrected chi connectivity index (χ0v) is 20.1. The van der Waals surface area contributed by atoms with E-state index in [0.717, 1.165) is 55.6 Å². The molecule has 2 aliphatic heterocycles. The molecule has 2 saturated heterocycles. The van der Waals surface area contributed by atoms with Crippen molar-refractivity contribution in [2.24, 2.45) is 11.8 Å². The van der Waals surface area contributed by atoms with Crippen molar-refractivity contribution in [3.8, 4) is 6.07 Å². The summed E-state index contributed by atoms with van der Waals surface area (Å²) in [5, 5.41) is 13.1. The molecule has 1 aliphatic carbocycles. The van der Waals surface area contributed by atoms with Crippen LogP contribution in [0.25, 0.3) is 0 Å². The predicted molar refractivity (Wildman–Crippen MR) is 131 cm³/mol. The first kappa shape index (κ1) is 23.4. The zero-order valence-electron chi connectivity index (χ0n) is 20.1. The summed E-state index contributed by atoms with van der Waals surface area (Å²) in [7, 11) is 1.87. The second kappa shape index (κ2) is 10.1. The number of hydrazine groups is 1. The molecular formula is C28H35FN4O. The summed E-state index contributed by atoms with van der Waals surface area (Å²) in [6.45, 7) is 4.31. The van der Waals surface area contributed by atoms with Gasteiger partial charge in [-0.05, 0) is 85.4 Å². The van der Waals surface area contributed by atoms with Gasteiger partial charge in [-0.25, -0.2) is 9.82 Å². The lowest BCUT2D eigenvalue weighted by Crippen LogP contribution is -2.39. The number of fused-ring (bicyclic) bond motifs is 1. The first-order valence-electron chi connectivity index (χ1n) is 12.6. The van der Waals surface area contributed by atoms with E-state index < -0.39 is 0 Å². The standard InChI is InChI=1S/C28H35FN4O/c1-17-11-18(16-31-2)12-25(29)27(17)23-14-24-26(13-22(23)15-30)32-33-28(24)21-5-3-19(4-6-21)20-7-9-34-10-8-20/h3-6,11-12,20,22-24,26,28,31-33H,7-10,13-14,16H2,1-2H3. The molecule has 0 amide bonds. The Kier molecular flexibility index (Phi) is 6.99. The first-order chi connectivity index (χ1) is 16.6. The summed E-state index contributed by atoms with van der Waals surface area (Å²) in [6, 6.07) is 15.6. The third-order valence-corrected chi connectivity index (χ3v) is 8.19. The number of ether oxygens (including phenoxy) is 1. The molecule has 1 saturated carbocycles. The second-order valence-corrected chi connectivity index (χ2v) is 10.2. The molecule has 2 aromatic carbocycles. The number of nitrogens with one attached hydrogen (secondary N) is 3. The molecule has 5 unspecified atom stereocenters. The summed E-state index contributed by atoms with van der Waals surface area (Å²) in [5.41, 5.74) is 12.2. The number of hydrogen-bond acceptors (Lipinski definition) is 5. The molecule has 2 heterocycles. The molecule has 0 bridgehead atoms. The summed E-state index contributed by atoms with van der Waals surface area (Å²) >= 11 is 0. The lowest BCUT2D eigenvalue weighted by Gasteiger charge is -2.37.